The first-order chi connectivity index (χ1) is 13.2. The van der Waals surface area contributed by atoms with E-state index in [4.69, 9.17) is 14.2 Å². The maximum Gasteiger partial charge on any atom is 0.417 e. The van der Waals surface area contributed by atoms with E-state index >= 15 is 0 Å². The van der Waals surface area contributed by atoms with Crippen LogP contribution in [-0.2, 0) is 27.0 Å². The summed E-state index contributed by atoms with van der Waals surface area (Å²) in [4.78, 5) is 35.2. The number of esters is 1. The molecule has 3 rings (SSSR count). The topological polar surface area (TPSA) is 95.9 Å². The fraction of sp³-hybridized carbons (Fsp3) is 0.235. The lowest BCUT2D eigenvalue weighted by atomic mass is 10.3. The first kappa shape index (κ1) is 19.3. The SMILES string of the molecule is O=C(COC(=O)Cn1cc(C(F)(F)F)ccc1=O)Nc1ccc2c(c1)OCO2. The van der Waals surface area contributed by atoms with E-state index in [1.165, 1.54) is 6.07 Å². The number of aromatic nitrogens is 1. The fourth-order valence-corrected chi connectivity index (χ4v) is 2.32. The summed E-state index contributed by atoms with van der Waals surface area (Å²) >= 11 is 0. The van der Waals surface area contributed by atoms with Crippen LogP contribution in [0.15, 0.2) is 41.3 Å². The number of pyridine rings is 1. The number of halogens is 3. The Bertz CT molecular complexity index is 970. The number of ether oxygens (including phenoxy) is 3. The van der Waals surface area contributed by atoms with Crippen LogP contribution in [-0.4, -0.2) is 29.8 Å². The second kappa shape index (κ2) is 7.62. The molecular weight excluding hydrogens is 385 g/mol. The Hall–Kier alpha value is -3.50. The van der Waals surface area contributed by atoms with Crippen molar-refractivity contribution in [3.63, 3.8) is 0 Å². The summed E-state index contributed by atoms with van der Waals surface area (Å²) in [5.74, 6) is -0.750. The largest absolute Gasteiger partial charge is 0.454 e. The average Bonchev–Trinajstić information content (AvgIpc) is 3.08. The third kappa shape index (κ3) is 4.61. The number of hydrogen-bond donors (Lipinski definition) is 1. The van der Waals surface area contributed by atoms with E-state index < -0.39 is 42.3 Å². The van der Waals surface area contributed by atoms with Crippen LogP contribution in [0.3, 0.4) is 0 Å². The van der Waals surface area contributed by atoms with E-state index in [1.54, 1.807) is 12.1 Å². The molecule has 1 N–H and O–H groups in total. The number of fused-ring (bicyclic) bond motifs is 1. The van der Waals surface area contributed by atoms with Gasteiger partial charge in [0.1, 0.15) is 6.54 Å². The quantitative estimate of drug-likeness (QED) is 0.772. The van der Waals surface area contributed by atoms with Crippen molar-refractivity contribution in [2.75, 3.05) is 18.7 Å². The molecule has 0 unspecified atom stereocenters. The van der Waals surface area contributed by atoms with Crippen molar-refractivity contribution in [3.05, 3.63) is 52.4 Å². The van der Waals surface area contributed by atoms with Gasteiger partial charge in [0.2, 0.25) is 6.79 Å². The Morgan fingerprint density at radius 2 is 1.89 bits per heavy atom. The number of carbonyl (C=O) groups excluding carboxylic acids is 2. The van der Waals surface area contributed by atoms with Gasteiger partial charge in [0.25, 0.3) is 11.5 Å². The molecular formula is C17H13F3N2O6. The molecule has 1 aliphatic heterocycles. The van der Waals surface area contributed by atoms with Crippen LogP contribution in [0.4, 0.5) is 18.9 Å². The summed E-state index contributed by atoms with van der Waals surface area (Å²) in [5.41, 5.74) is -1.52. The van der Waals surface area contributed by atoms with Gasteiger partial charge in [0.15, 0.2) is 18.1 Å². The van der Waals surface area contributed by atoms with E-state index in [9.17, 15) is 27.6 Å². The predicted octanol–water partition coefficient (Wildman–Crippen LogP) is 1.78. The van der Waals surface area contributed by atoms with Gasteiger partial charge in [-0.2, -0.15) is 13.2 Å². The molecule has 1 aliphatic rings. The van der Waals surface area contributed by atoms with E-state index in [0.29, 0.717) is 40.1 Å². The van der Waals surface area contributed by atoms with Crippen molar-refractivity contribution in [2.45, 2.75) is 12.7 Å². The molecule has 0 atom stereocenters. The van der Waals surface area contributed by atoms with Crippen molar-refractivity contribution in [3.8, 4) is 11.5 Å². The van der Waals surface area contributed by atoms with Gasteiger partial charge < -0.3 is 24.1 Å². The Kier molecular flexibility index (Phi) is 5.25. The molecule has 28 heavy (non-hydrogen) atoms. The minimum absolute atomic E-state index is 0.0687. The number of benzene rings is 1. The van der Waals surface area contributed by atoms with E-state index in [1.807, 2.05) is 0 Å². The molecule has 0 saturated heterocycles. The summed E-state index contributed by atoms with van der Waals surface area (Å²) in [6.45, 7) is -1.37. The van der Waals surface area contributed by atoms with Crippen LogP contribution >= 0.6 is 0 Å². The summed E-state index contributed by atoms with van der Waals surface area (Å²) in [5, 5.41) is 2.46. The zero-order valence-electron chi connectivity index (χ0n) is 14.1. The second-order valence-corrected chi connectivity index (χ2v) is 5.66. The number of amides is 1. The Morgan fingerprint density at radius 3 is 2.64 bits per heavy atom. The molecule has 0 saturated carbocycles. The summed E-state index contributed by atoms with van der Waals surface area (Å²) < 4.78 is 53.6. The number of hydrogen-bond acceptors (Lipinski definition) is 6. The van der Waals surface area contributed by atoms with Gasteiger partial charge in [-0.1, -0.05) is 0 Å². The van der Waals surface area contributed by atoms with Crippen molar-refractivity contribution in [1.29, 1.82) is 0 Å². The average molecular weight is 398 g/mol. The van der Waals surface area contributed by atoms with Crippen molar-refractivity contribution in [1.82, 2.24) is 4.57 Å². The molecule has 8 nitrogen and oxygen atoms in total. The highest BCUT2D eigenvalue weighted by atomic mass is 19.4. The molecule has 1 aromatic carbocycles. The highest BCUT2D eigenvalue weighted by molar-refractivity contribution is 5.93. The molecule has 148 valence electrons. The van der Waals surface area contributed by atoms with Crippen LogP contribution in [0, 0.1) is 0 Å². The molecule has 0 spiro atoms. The van der Waals surface area contributed by atoms with Crippen LogP contribution in [0.2, 0.25) is 0 Å². The molecule has 1 aromatic heterocycles. The number of nitrogens with one attached hydrogen (secondary N) is 1. The van der Waals surface area contributed by atoms with Gasteiger partial charge in [-0.3, -0.25) is 14.4 Å². The summed E-state index contributed by atoms with van der Waals surface area (Å²) in [7, 11) is 0. The minimum Gasteiger partial charge on any atom is -0.454 e. The van der Waals surface area contributed by atoms with Gasteiger partial charge >= 0.3 is 12.1 Å². The van der Waals surface area contributed by atoms with E-state index in [2.05, 4.69) is 5.32 Å². The number of nitrogens with zero attached hydrogens (tertiary/aromatic N) is 1. The fourth-order valence-electron chi connectivity index (χ4n) is 2.32. The van der Waals surface area contributed by atoms with Gasteiger partial charge in [0, 0.05) is 24.0 Å². The molecule has 0 radical (unpaired) electrons. The highest BCUT2D eigenvalue weighted by Crippen LogP contribution is 2.34. The molecule has 0 aliphatic carbocycles. The minimum atomic E-state index is -4.66. The summed E-state index contributed by atoms with van der Waals surface area (Å²) in [6, 6.07) is 5.97. The monoisotopic (exact) mass is 398 g/mol. The van der Waals surface area contributed by atoms with Gasteiger partial charge in [0.05, 0.1) is 5.56 Å². The Balaban J connectivity index is 1.54. The van der Waals surface area contributed by atoms with Crippen molar-refractivity contribution >= 4 is 17.6 Å². The first-order valence-corrected chi connectivity index (χ1v) is 7.85. The van der Waals surface area contributed by atoms with Crippen LogP contribution in [0.25, 0.3) is 0 Å². The maximum atomic E-state index is 12.7. The van der Waals surface area contributed by atoms with Crippen LogP contribution in [0.5, 0.6) is 11.5 Å². The third-order valence-electron chi connectivity index (χ3n) is 3.63. The number of rotatable bonds is 5. The van der Waals surface area contributed by atoms with Gasteiger partial charge in [-0.05, 0) is 18.2 Å². The smallest absolute Gasteiger partial charge is 0.417 e. The first-order valence-electron chi connectivity index (χ1n) is 7.85. The molecule has 0 fully saturated rings. The van der Waals surface area contributed by atoms with E-state index in [-0.39, 0.29) is 6.79 Å². The normalized spacial score (nSPS) is 12.5. The standard InChI is InChI=1S/C17H13F3N2O6/c18-17(19,20)10-1-4-15(24)22(6-10)7-16(25)26-8-14(23)21-11-2-3-12-13(5-11)28-9-27-12/h1-6H,7-9H2,(H,21,23). The zero-order chi connectivity index (χ0) is 20.3. The predicted molar refractivity (Wildman–Crippen MR) is 87.9 cm³/mol. The van der Waals surface area contributed by atoms with Crippen molar-refractivity contribution in [2.24, 2.45) is 0 Å². The Morgan fingerprint density at radius 1 is 1.14 bits per heavy atom. The van der Waals surface area contributed by atoms with Gasteiger partial charge in [-0.25, -0.2) is 0 Å². The number of anilines is 1. The highest BCUT2D eigenvalue weighted by Gasteiger charge is 2.31. The van der Waals surface area contributed by atoms with Crippen molar-refractivity contribution < 1.29 is 37.0 Å². The van der Waals surface area contributed by atoms with Crippen LogP contribution in [0.1, 0.15) is 5.56 Å². The lowest BCUT2D eigenvalue weighted by molar-refractivity contribution is -0.148. The third-order valence-corrected chi connectivity index (χ3v) is 3.63. The Labute approximate surface area is 155 Å². The van der Waals surface area contributed by atoms with E-state index in [0.717, 1.165) is 0 Å². The zero-order valence-corrected chi connectivity index (χ0v) is 14.1. The van der Waals surface area contributed by atoms with Gasteiger partial charge in [-0.15, -0.1) is 0 Å². The number of alkyl halides is 3. The number of carbonyl (C=O) groups is 2. The second-order valence-electron chi connectivity index (χ2n) is 5.66. The molecule has 2 heterocycles. The van der Waals surface area contributed by atoms with Crippen LogP contribution < -0.4 is 20.3 Å². The summed E-state index contributed by atoms with van der Waals surface area (Å²) in [6.07, 6.45) is -4.15. The molecule has 11 heteroatoms. The lowest BCUT2D eigenvalue weighted by Crippen LogP contribution is -2.28. The molecule has 2 aromatic rings. The molecule has 1 amide bonds. The molecule has 0 bridgehead atoms. The maximum absolute atomic E-state index is 12.7. The lowest BCUT2D eigenvalue weighted by Gasteiger charge is -2.11.